The summed E-state index contributed by atoms with van der Waals surface area (Å²) in [6.07, 6.45) is 3.64. The number of rotatable bonds is 4. The van der Waals surface area contributed by atoms with Crippen LogP contribution >= 0.6 is 23.4 Å². The van der Waals surface area contributed by atoms with E-state index in [0.29, 0.717) is 5.16 Å². The Hall–Kier alpha value is -1.10. The van der Waals surface area contributed by atoms with Crippen LogP contribution < -0.4 is 5.32 Å². The van der Waals surface area contributed by atoms with Gasteiger partial charge in [-0.3, -0.25) is 0 Å². The molecule has 0 unspecified atom stereocenters. The molecule has 0 aliphatic heterocycles. The van der Waals surface area contributed by atoms with Gasteiger partial charge in [0, 0.05) is 29.4 Å². The second-order valence-electron chi connectivity index (χ2n) is 5.98. The Balaban J connectivity index is 2.23. The second-order valence-corrected chi connectivity index (χ2v) is 7.36. The zero-order valence-electron chi connectivity index (χ0n) is 12.8. The van der Waals surface area contributed by atoms with Gasteiger partial charge >= 0.3 is 0 Å². The lowest BCUT2D eigenvalue weighted by Gasteiger charge is -2.21. The minimum atomic E-state index is 0.0601. The molecule has 1 aromatic carbocycles. The molecule has 112 valence electrons. The van der Waals surface area contributed by atoms with E-state index in [1.165, 1.54) is 11.8 Å². The molecule has 0 bridgehead atoms. The maximum atomic E-state index is 6.36. The average molecular weight is 322 g/mol. The quantitative estimate of drug-likeness (QED) is 0.843. The van der Waals surface area contributed by atoms with Crippen LogP contribution in [0.2, 0.25) is 5.02 Å². The maximum absolute atomic E-state index is 6.36. The summed E-state index contributed by atoms with van der Waals surface area (Å²) in [5.74, 6) is 0. The molecule has 2 rings (SSSR count). The Morgan fingerprint density at radius 3 is 2.48 bits per heavy atom. The molecular formula is C16H20ClN3S. The summed E-state index contributed by atoms with van der Waals surface area (Å²) in [5, 5.41) is 4.94. The van der Waals surface area contributed by atoms with Crippen LogP contribution in [-0.2, 0) is 6.54 Å². The van der Waals surface area contributed by atoms with Crippen molar-refractivity contribution in [1.82, 2.24) is 15.3 Å². The van der Waals surface area contributed by atoms with Crippen molar-refractivity contribution in [2.75, 3.05) is 0 Å². The van der Waals surface area contributed by atoms with Gasteiger partial charge in [0.2, 0.25) is 0 Å². The Morgan fingerprint density at radius 1 is 1.19 bits per heavy atom. The van der Waals surface area contributed by atoms with E-state index in [-0.39, 0.29) is 5.54 Å². The first-order valence-corrected chi connectivity index (χ1v) is 8.03. The highest BCUT2D eigenvalue weighted by atomic mass is 35.5. The lowest BCUT2D eigenvalue weighted by molar-refractivity contribution is 0.422. The van der Waals surface area contributed by atoms with E-state index in [4.69, 9.17) is 11.6 Å². The summed E-state index contributed by atoms with van der Waals surface area (Å²) in [5.41, 5.74) is 2.27. The van der Waals surface area contributed by atoms with Gasteiger partial charge in [-0.05, 0) is 56.7 Å². The van der Waals surface area contributed by atoms with Crippen molar-refractivity contribution >= 4 is 23.4 Å². The highest BCUT2D eigenvalue weighted by molar-refractivity contribution is 7.99. The summed E-state index contributed by atoms with van der Waals surface area (Å²) in [4.78, 5) is 9.69. The van der Waals surface area contributed by atoms with Gasteiger partial charge in [-0.2, -0.15) is 0 Å². The number of aryl methyl sites for hydroxylation is 1. The molecule has 0 saturated heterocycles. The summed E-state index contributed by atoms with van der Waals surface area (Å²) in [7, 11) is 0. The number of nitrogens with zero attached hydrogens (tertiary/aromatic N) is 2. The van der Waals surface area contributed by atoms with Gasteiger partial charge < -0.3 is 5.32 Å². The van der Waals surface area contributed by atoms with Gasteiger partial charge in [-0.15, -0.1) is 0 Å². The molecule has 5 heteroatoms. The van der Waals surface area contributed by atoms with E-state index in [2.05, 4.69) is 42.1 Å². The molecule has 21 heavy (non-hydrogen) atoms. The second kappa shape index (κ2) is 6.77. The van der Waals surface area contributed by atoms with Crippen molar-refractivity contribution in [2.24, 2.45) is 0 Å². The van der Waals surface area contributed by atoms with Gasteiger partial charge in [0.1, 0.15) is 0 Å². The van der Waals surface area contributed by atoms with E-state index < -0.39 is 0 Å². The normalized spacial score (nSPS) is 11.7. The fraction of sp³-hybridized carbons (Fsp3) is 0.375. The first-order valence-electron chi connectivity index (χ1n) is 6.84. The third-order valence-corrected chi connectivity index (χ3v) is 4.31. The molecule has 0 radical (unpaired) electrons. The van der Waals surface area contributed by atoms with Crippen molar-refractivity contribution in [3.63, 3.8) is 0 Å². The van der Waals surface area contributed by atoms with E-state index in [1.54, 1.807) is 0 Å². The minimum Gasteiger partial charge on any atom is -0.308 e. The van der Waals surface area contributed by atoms with Crippen LogP contribution in [0.5, 0.6) is 0 Å². The third-order valence-electron chi connectivity index (χ3n) is 2.81. The van der Waals surface area contributed by atoms with Gasteiger partial charge in [-0.1, -0.05) is 23.7 Å². The van der Waals surface area contributed by atoms with E-state index >= 15 is 0 Å². The molecule has 0 spiro atoms. The van der Waals surface area contributed by atoms with E-state index in [0.717, 1.165) is 27.6 Å². The van der Waals surface area contributed by atoms with Crippen molar-refractivity contribution < 1.29 is 0 Å². The number of hydrogen-bond donors (Lipinski definition) is 1. The number of halogens is 1. The Morgan fingerprint density at radius 2 is 1.86 bits per heavy atom. The van der Waals surface area contributed by atoms with Crippen molar-refractivity contribution in [3.8, 4) is 0 Å². The molecule has 1 N–H and O–H groups in total. The molecule has 3 nitrogen and oxygen atoms in total. The lowest BCUT2D eigenvalue weighted by Crippen LogP contribution is -2.35. The molecule has 1 heterocycles. The topological polar surface area (TPSA) is 37.8 Å². The Kier molecular flexibility index (Phi) is 5.25. The van der Waals surface area contributed by atoms with Crippen molar-refractivity contribution in [1.29, 1.82) is 0 Å². The zero-order chi connectivity index (χ0) is 15.5. The first kappa shape index (κ1) is 16.3. The molecule has 0 aliphatic rings. The smallest absolute Gasteiger partial charge is 0.192 e. The molecule has 0 fully saturated rings. The largest absolute Gasteiger partial charge is 0.308 e. The van der Waals surface area contributed by atoms with Crippen LogP contribution in [0, 0.1) is 6.92 Å². The molecule has 0 aliphatic carbocycles. The van der Waals surface area contributed by atoms with Crippen LogP contribution in [0.3, 0.4) is 0 Å². The molecular weight excluding hydrogens is 302 g/mol. The van der Waals surface area contributed by atoms with Crippen molar-refractivity contribution in [2.45, 2.75) is 49.8 Å². The van der Waals surface area contributed by atoms with Gasteiger partial charge in [0.15, 0.2) is 5.16 Å². The molecule has 0 amide bonds. The fourth-order valence-corrected chi connectivity index (χ4v) is 2.83. The predicted molar refractivity (Wildman–Crippen MR) is 88.9 cm³/mol. The summed E-state index contributed by atoms with van der Waals surface area (Å²) >= 11 is 7.86. The highest BCUT2D eigenvalue weighted by Gasteiger charge is 2.14. The number of benzene rings is 1. The van der Waals surface area contributed by atoms with Gasteiger partial charge in [-0.25, -0.2) is 9.97 Å². The van der Waals surface area contributed by atoms with Crippen LogP contribution in [0.25, 0.3) is 0 Å². The summed E-state index contributed by atoms with van der Waals surface area (Å²) < 4.78 is 0. The molecule has 2 aromatic rings. The van der Waals surface area contributed by atoms with Crippen LogP contribution in [-0.4, -0.2) is 15.5 Å². The van der Waals surface area contributed by atoms with Crippen molar-refractivity contribution in [3.05, 3.63) is 46.7 Å². The number of aromatic nitrogens is 2. The van der Waals surface area contributed by atoms with Crippen LogP contribution in [0.15, 0.2) is 40.6 Å². The molecule has 1 aromatic heterocycles. The zero-order valence-corrected chi connectivity index (χ0v) is 14.3. The highest BCUT2D eigenvalue weighted by Crippen LogP contribution is 2.34. The van der Waals surface area contributed by atoms with Gasteiger partial charge in [0.25, 0.3) is 0 Å². The van der Waals surface area contributed by atoms with Gasteiger partial charge in [0.05, 0.1) is 5.02 Å². The lowest BCUT2D eigenvalue weighted by atomic mass is 10.1. The molecule has 0 atom stereocenters. The number of hydrogen-bond acceptors (Lipinski definition) is 4. The van der Waals surface area contributed by atoms with E-state index in [1.807, 2.05) is 31.5 Å². The minimum absolute atomic E-state index is 0.0601. The first-order chi connectivity index (χ1) is 9.85. The third kappa shape index (κ3) is 4.99. The summed E-state index contributed by atoms with van der Waals surface area (Å²) in [6, 6.07) is 5.96. The fourth-order valence-electron chi connectivity index (χ4n) is 1.69. The standard InChI is InChI=1S/C16H20ClN3S/c1-11-8-18-15(19-9-11)21-14-12(6-5-7-13(14)17)10-20-16(2,3)4/h5-9,20H,10H2,1-4H3. The Labute approximate surface area is 135 Å². The predicted octanol–water partition coefficient (Wildman–Crippen LogP) is 4.48. The average Bonchev–Trinajstić information content (AvgIpc) is 2.41. The SMILES string of the molecule is Cc1cnc(Sc2c(Cl)cccc2CNC(C)(C)C)nc1. The van der Waals surface area contributed by atoms with E-state index in [9.17, 15) is 0 Å². The summed E-state index contributed by atoms with van der Waals surface area (Å²) in [6.45, 7) is 9.18. The maximum Gasteiger partial charge on any atom is 0.192 e. The van der Waals surface area contributed by atoms with Crippen LogP contribution in [0.4, 0.5) is 0 Å². The monoisotopic (exact) mass is 321 g/mol. The Bertz CT molecular complexity index is 606. The van der Waals surface area contributed by atoms with Crippen LogP contribution in [0.1, 0.15) is 31.9 Å². The molecule has 0 saturated carbocycles. The number of nitrogens with one attached hydrogen (secondary N) is 1.